The maximum atomic E-state index is 5.28. The topological polar surface area (TPSA) is 39.1 Å². The summed E-state index contributed by atoms with van der Waals surface area (Å²) in [7, 11) is 1.76. The summed E-state index contributed by atoms with van der Waals surface area (Å²) in [6, 6.07) is 1.05. The second kappa shape index (κ2) is 5.34. The molecule has 0 aliphatic heterocycles. The Morgan fingerprint density at radius 1 is 1.62 bits per heavy atom. The van der Waals surface area contributed by atoms with Crippen molar-refractivity contribution in [2.24, 2.45) is 0 Å². The number of nitrogens with zero attached hydrogens (tertiary/aromatic N) is 2. The predicted molar refractivity (Wildman–Crippen MR) is 64.7 cm³/mol. The van der Waals surface area contributed by atoms with Crippen molar-refractivity contribution in [3.05, 3.63) is 12.4 Å². The molecule has 1 aromatic heterocycles. The van der Waals surface area contributed by atoms with Crippen LogP contribution in [0.15, 0.2) is 12.4 Å². The molecule has 1 saturated carbocycles. The van der Waals surface area contributed by atoms with Gasteiger partial charge in [0.05, 0.1) is 12.6 Å². The zero-order valence-corrected chi connectivity index (χ0v) is 10.1. The highest BCUT2D eigenvalue weighted by Gasteiger charge is 2.23. The van der Waals surface area contributed by atoms with Gasteiger partial charge in [0.2, 0.25) is 5.95 Å². The highest BCUT2D eigenvalue weighted by molar-refractivity contribution is 5.30. The van der Waals surface area contributed by atoms with Crippen molar-refractivity contribution in [3.63, 3.8) is 0 Å². The summed E-state index contributed by atoms with van der Waals surface area (Å²) in [5, 5.41) is 3.46. The third kappa shape index (κ3) is 2.76. The first-order valence-electron chi connectivity index (χ1n) is 6.13. The van der Waals surface area contributed by atoms with E-state index in [1.165, 1.54) is 12.8 Å². The first kappa shape index (κ1) is 11.5. The van der Waals surface area contributed by atoms with E-state index >= 15 is 0 Å². The minimum absolute atomic E-state index is 0.402. The number of aromatic nitrogens is 2. The zero-order chi connectivity index (χ0) is 11.4. The lowest BCUT2D eigenvalue weighted by atomic mass is 10.2. The molecule has 1 aliphatic rings. The third-order valence-electron chi connectivity index (χ3n) is 2.95. The van der Waals surface area contributed by atoms with Crippen LogP contribution in [0.25, 0.3) is 0 Å². The van der Waals surface area contributed by atoms with E-state index in [4.69, 9.17) is 4.74 Å². The van der Waals surface area contributed by atoms with Crippen LogP contribution in [0, 0.1) is 0 Å². The fourth-order valence-electron chi connectivity index (χ4n) is 1.96. The van der Waals surface area contributed by atoms with Crippen LogP contribution in [0.5, 0.6) is 0 Å². The maximum Gasteiger partial charge on any atom is 0.203 e. The quantitative estimate of drug-likeness (QED) is 0.771. The van der Waals surface area contributed by atoms with E-state index in [0.717, 1.165) is 25.4 Å². The van der Waals surface area contributed by atoms with Crippen LogP contribution < -0.4 is 5.32 Å². The van der Waals surface area contributed by atoms with Gasteiger partial charge in [0.25, 0.3) is 0 Å². The van der Waals surface area contributed by atoms with Crippen molar-refractivity contribution in [2.45, 2.75) is 44.7 Å². The number of imidazole rings is 1. The Morgan fingerprint density at radius 3 is 3.06 bits per heavy atom. The largest absolute Gasteiger partial charge is 0.383 e. The number of ether oxygens (including phenoxy) is 1. The van der Waals surface area contributed by atoms with Gasteiger partial charge in [0.15, 0.2) is 0 Å². The van der Waals surface area contributed by atoms with Crippen LogP contribution in [0.3, 0.4) is 0 Å². The molecule has 0 saturated heterocycles. The van der Waals surface area contributed by atoms with Gasteiger partial charge in [-0.05, 0) is 19.3 Å². The molecule has 0 spiro atoms. The molecule has 1 atom stereocenters. The second-order valence-corrected chi connectivity index (χ2v) is 4.47. The van der Waals surface area contributed by atoms with Crippen LogP contribution in [-0.2, 0) is 4.74 Å². The Morgan fingerprint density at radius 2 is 2.44 bits per heavy atom. The van der Waals surface area contributed by atoms with Crippen LogP contribution >= 0.6 is 0 Å². The molecule has 1 fully saturated rings. The van der Waals surface area contributed by atoms with Crippen LogP contribution in [-0.4, -0.2) is 29.3 Å². The minimum atomic E-state index is 0.402. The molecule has 1 aliphatic carbocycles. The first-order chi connectivity index (χ1) is 7.85. The van der Waals surface area contributed by atoms with Crippen molar-refractivity contribution in [1.29, 1.82) is 0 Å². The predicted octanol–water partition coefficient (Wildman–Crippen LogP) is 2.45. The SMILES string of the molecule is CCCC(COC)n1ccnc1NC1CC1. The zero-order valence-electron chi connectivity index (χ0n) is 10.1. The van der Waals surface area contributed by atoms with Gasteiger partial charge in [-0.25, -0.2) is 4.98 Å². The molecular weight excluding hydrogens is 202 g/mol. The van der Waals surface area contributed by atoms with Crippen molar-refractivity contribution in [2.75, 3.05) is 19.0 Å². The van der Waals surface area contributed by atoms with E-state index < -0.39 is 0 Å². The molecule has 0 aromatic carbocycles. The second-order valence-electron chi connectivity index (χ2n) is 4.47. The van der Waals surface area contributed by atoms with E-state index in [9.17, 15) is 0 Å². The summed E-state index contributed by atoms with van der Waals surface area (Å²) in [5.41, 5.74) is 0. The molecule has 4 heteroatoms. The summed E-state index contributed by atoms with van der Waals surface area (Å²) in [4.78, 5) is 4.38. The first-order valence-corrected chi connectivity index (χ1v) is 6.13. The molecule has 1 N–H and O–H groups in total. The molecule has 2 rings (SSSR count). The van der Waals surface area contributed by atoms with Gasteiger partial charge in [0.1, 0.15) is 0 Å². The van der Waals surface area contributed by atoms with Crippen molar-refractivity contribution in [3.8, 4) is 0 Å². The number of hydrogen-bond donors (Lipinski definition) is 1. The average molecular weight is 223 g/mol. The van der Waals surface area contributed by atoms with Gasteiger partial charge in [-0.1, -0.05) is 13.3 Å². The summed E-state index contributed by atoms with van der Waals surface area (Å²) in [6.07, 6.45) is 8.75. The van der Waals surface area contributed by atoms with Gasteiger partial charge in [-0.15, -0.1) is 0 Å². The van der Waals surface area contributed by atoms with E-state index in [1.807, 2.05) is 12.4 Å². The third-order valence-corrected chi connectivity index (χ3v) is 2.95. The maximum absolute atomic E-state index is 5.28. The molecule has 1 heterocycles. The summed E-state index contributed by atoms with van der Waals surface area (Å²) in [5.74, 6) is 0.998. The number of hydrogen-bond acceptors (Lipinski definition) is 3. The summed E-state index contributed by atoms with van der Waals surface area (Å²) < 4.78 is 7.49. The highest BCUT2D eigenvalue weighted by Crippen LogP contribution is 2.26. The summed E-state index contributed by atoms with van der Waals surface area (Å²) in [6.45, 7) is 2.96. The number of nitrogens with one attached hydrogen (secondary N) is 1. The fourth-order valence-corrected chi connectivity index (χ4v) is 1.96. The van der Waals surface area contributed by atoms with Gasteiger partial charge in [0, 0.05) is 25.5 Å². The van der Waals surface area contributed by atoms with Crippen molar-refractivity contribution in [1.82, 2.24) is 9.55 Å². The lowest BCUT2D eigenvalue weighted by Crippen LogP contribution is -2.17. The molecule has 1 aromatic rings. The van der Waals surface area contributed by atoms with Gasteiger partial charge < -0.3 is 14.6 Å². The summed E-state index contributed by atoms with van der Waals surface area (Å²) >= 11 is 0. The van der Waals surface area contributed by atoms with E-state index in [-0.39, 0.29) is 0 Å². The molecule has 0 bridgehead atoms. The minimum Gasteiger partial charge on any atom is -0.383 e. The lowest BCUT2D eigenvalue weighted by molar-refractivity contribution is 0.151. The normalized spacial score (nSPS) is 17.4. The number of anilines is 1. The van der Waals surface area contributed by atoms with Crippen LogP contribution in [0.4, 0.5) is 5.95 Å². The highest BCUT2D eigenvalue weighted by atomic mass is 16.5. The molecule has 4 nitrogen and oxygen atoms in total. The number of methoxy groups -OCH3 is 1. The Bertz CT molecular complexity index is 314. The van der Waals surface area contributed by atoms with E-state index in [2.05, 4.69) is 21.8 Å². The van der Waals surface area contributed by atoms with Gasteiger partial charge in [-0.2, -0.15) is 0 Å². The Balaban J connectivity index is 2.05. The van der Waals surface area contributed by atoms with Crippen LogP contribution in [0.1, 0.15) is 38.6 Å². The Labute approximate surface area is 97.0 Å². The lowest BCUT2D eigenvalue weighted by Gasteiger charge is -2.19. The van der Waals surface area contributed by atoms with Crippen LogP contribution in [0.2, 0.25) is 0 Å². The smallest absolute Gasteiger partial charge is 0.203 e. The fraction of sp³-hybridized carbons (Fsp3) is 0.750. The van der Waals surface area contributed by atoms with E-state index in [1.54, 1.807) is 7.11 Å². The average Bonchev–Trinajstić information content (AvgIpc) is 2.95. The monoisotopic (exact) mass is 223 g/mol. The molecule has 0 radical (unpaired) electrons. The molecule has 16 heavy (non-hydrogen) atoms. The standard InChI is InChI=1S/C12H21N3O/c1-3-4-11(9-16-2)15-8-7-13-12(15)14-10-5-6-10/h7-8,10-11H,3-6,9H2,1-2H3,(H,13,14). The molecular formula is C12H21N3O. The molecule has 0 amide bonds. The molecule has 90 valence electrons. The molecule has 1 unspecified atom stereocenters. The Hall–Kier alpha value is -1.03. The van der Waals surface area contributed by atoms with Crippen molar-refractivity contribution >= 4 is 5.95 Å². The number of rotatable bonds is 7. The van der Waals surface area contributed by atoms with E-state index in [0.29, 0.717) is 12.1 Å². The van der Waals surface area contributed by atoms with Gasteiger partial charge in [-0.3, -0.25) is 0 Å². The van der Waals surface area contributed by atoms with Gasteiger partial charge >= 0.3 is 0 Å². The Kier molecular flexibility index (Phi) is 3.83. The van der Waals surface area contributed by atoms with Crippen molar-refractivity contribution < 1.29 is 4.74 Å².